The van der Waals surface area contributed by atoms with Crippen molar-refractivity contribution in [3.8, 4) is 0 Å². The molecule has 0 saturated carbocycles. The molecule has 0 bridgehead atoms. The van der Waals surface area contributed by atoms with Crippen LogP contribution in [0, 0.1) is 6.92 Å². The van der Waals surface area contributed by atoms with E-state index in [4.69, 9.17) is 0 Å². The van der Waals surface area contributed by atoms with Crippen LogP contribution in [0.25, 0.3) is 0 Å². The Morgan fingerprint density at radius 2 is 1.77 bits per heavy atom. The maximum absolute atomic E-state index is 13.1. The summed E-state index contributed by atoms with van der Waals surface area (Å²) in [7, 11) is 0. The molecule has 1 amide bonds. The number of carbonyl (C=O) groups is 1. The van der Waals surface area contributed by atoms with Crippen LogP contribution in [0.4, 0.5) is 17.5 Å². The van der Waals surface area contributed by atoms with E-state index in [-0.39, 0.29) is 11.8 Å². The molecule has 0 aliphatic carbocycles. The first-order valence-corrected chi connectivity index (χ1v) is 10.8. The number of aryl methyl sites for hydroxylation is 1. The van der Waals surface area contributed by atoms with E-state index in [9.17, 15) is 4.79 Å². The lowest BCUT2D eigenvalue weighted by molar-refractivity contribution is -0.133. The topological polar surface area (TPSA) is 74.2 Å². The minimum atomic E-state index is -0.0758. The van der Waals surface area contributed by atoms with E-state index in [1.807, 2.05) is 66.4 Å². The van der Waals surface area contributed by atoms with Crippen molar-refractivity contribution >= 4 is 23.4 Å². The Labute approximate surface area is 183 Å². The van der Waals surface area contributed by atoms with Gasteiger partial charge >= 0.3 is 0 Å². The number of amides is 1. The molecule has 1 aromatic carbocycles. The van der Waals surface area contributed by atoms with Gasteiger partial charge in [-0.05, 0) is 48.7 Å². The number of hydrogen-bond donors (Lipinski definition) is 1. The Hall–Kier alpha value is -3.48. The van der Waals surface area contributed by atoms with Gasteiger partial charge in [0.15, 0.2) is 11.6 Å². The SMILES string of the molecule is CCC(C(=O)N1CCN(c2ccc(Nc3cc(C)ccn3)nn2)CC1)c1ccccc1. The molecule has 1 N–H and O–H groups in total. The number of nitrogens with zero attached hydrogens (tertiary/aromatic N) is 5. The predicted octanol–water partition coefficient (Wildman–Crippen LogP) is 3.77. The molecule has 1 aliphatic rings. The third-order valence-corrected chi connectivity index (χ3v) is 5.65. The van der Waals surface area contributed by atoms with Crippen molar-refractivity contribution < 1.29 is 4.79 Å². The number of benzene rings is 1. The number of hydrogen-bond acceptors (Lipinski definition) is 6. The maximum Gasteiger partial charge on any atom is 0.230 e. The molecule has 1 saturated heterocycles. The van der Waals surface area contributed by atoms with E-state index in [1.165, 1.54) is 0 Å². The molecule has 7 nitrogen and oxygen atoms in total. The lowest BCUT2D eigenvalue weighted by Gasteiger charge is -2.36. The van der Waals surface area contributed by atoms with E-state index in [0.717, 1.165) is 42.3 Å². The summed E-state index contributed by atoms with van der Waals surface area (Å²) in [6, 6.07) is 17.8. The monoisotopic (exact) mass is 416 g/mol. The minimum Gasteiger partial charge on any atom is -0.352 e. The lowest BCUT2D eigenvalue weighted by Crippen LogP contribution is -2.50. The van der Waals surface area contributed by atoms with E-state index >= 15 is 0 Å². The molecule has 3 heterocycles. The molecule has 0 spiro atoms. The van der Waals surface area contributed by atoms with Crippen LogP contribution >= 0.6 is 0 Å². The second kappa shape index (κ2) is 9.55. The number of rotatable bonds is 6. The van der Waals surface area contributed by atoms with Crippen molar-refractivity contribution in [2.24, 2.45) is 0 Å². The van der Waals surface area contributed by atoms with Gasteiger partial charge in [0.05, 0.1) is 5.92 Å². The maximum atomic E-state index is 13.1. The second-order valence-electron chi connectivity index (χ2n) is 7.80. The molecule has 1 aliphatic heterocycles. The molecule has 0 radical (unpaired) electrons. The van der Waals surface area contributed by atoms with Crippen LogP contribution in [0.1, 0.15) is 30.4 Å². The number of carbonyl (C=O) groups excluding carboxylic acids is 1. The highest BCUT2D eigenvalue weighted by Crippen LogP contribution is 2.24. The van der Waals surface area contributed by atoms with Crippen LogP contribution < -0.4 is 10.2 Å². The molecule has 1 atom stereocenters. The fourth-order valence-corrected chi connectivity index (χ4v) is 3.91. The highest BCUT2D eigenvalue weighted by Gasteiger charge is 2.27. The second-order valence-corrected chi connectivity index (χ2v) is 7.80. The zero-order valence-corrected chi connectivity index (χ0v) is 18.0. The van der Waals surface area contributed by atoms with Crippen LogP contribution in [0.15, 0.2) is 60.8 Å². The summed E-state index contributed by atoms with van der Waals surface area (Å²) in [5, 5.41) is 11.8. The Kier molecular flexibility index (Phi) is 6.40. The quantitative estimate of drug-likeness (QED) is 0.659. The largest absolute Gasteiger partial charge is 0.352 e. The van der Waals surface area contributed by atoms with Crippen LogP contribution in [0.2, 0.25) is 0 Å². The van der Waals surface area contributed by atoms with Crippen molar-refractivity contribution in [1.82, 2.24) is 20.1 Å². The van der Waals surface area contributed by atoms with Gasteiger partial charge in [0, 0.05) is 32.4 Å². The van der Waals surface area contributed by atoms with Gasteiger partial charge in [-0.3, -0.25) is 4.79 Å². The summed E-state index contributed by atoms with van der Waals surface area (Å²) >= 11 is 0. The first kappa shape index (κ1) is 20.8. The van der Waals surface area contributed by atoms with Crippen molar-refractivity contribution in [3.05, 3.63) is 71.9 Å². The zero-order chi connectivity index (χ0) is 21.6. The van der Waals surface area contributed by atoms with Crippen molar-refractivity contribution in [2.75, 3.05) is 36.4 Å². The molecular formula is C24H28N6O. The van der Waals surface area contributed by atoms with Crippen LogP contribution in [-0.4, -0.2) is 52.2 Å². The molecule has 31 heavy (non-hydrogen) atoms. The summed E-state index contributed by atoms with van der Waals surface area (Å²) in [5.41, 5.74) is 2.22. The first-order valence-electron chi connectivity index (χ1n) is 10.8. The van der Waals surface area contributed by atoms with E-state index in [0.29, 0.717) is 18.9 Å². The number of anilines is 3. The normalized spacial score (nSPS) is 14.9. The number of nitrogens with one attached hydrogen (secondary N) is 1. The standard InChI is InChI=1S/C24H28N6O/c1-3-20(19-7-5-4-6-8-19)24(31)30-15-13-29(14-16-30)23-10-9-21(27-28-23)26-22-17-18(2)11-12-25-22/h4-12,17,20H,3,13-16H2,1-2H3,(H,25,26,27). The Balaban J connectivity index is 1.34. The van der Waals surface area contributed by atoms with Gasteiger partial charge < -0.3 is 15.1 Å². The first-order chi connectivity index (χ1) is 15.1. The molecular weight excluding hydrogens is 388 g/mol. The zero-order valence-electron chi connectivity index (χ0n) is 18.0. The van der Waals surface area contributed by atoms with Gasteiger partial charge in [0.25, 0.3) is 0 Å². The van der Waals surface area contributed by atoms with Gasteiger partial charge in [0.2, 0.25) is 5.91 Å². The summed E-state index contributed by atoms with van der Waals surface area (Å²) in [4.78, 5) is 21.5. The van der Waals surface area contributed by atoms with E-state index in [2.05, 4.69) is 32.3 Å². The Morgan fingerprint density at radius 1 is 1.00 bits per heavy atom. The van der Waals surface area contributed by atoms with Crippen LogP contribution in [0.5, 0.6) is 0 Å². The summed E-state index contributed by atoms with van der Waals surface area (Å²) in [6.45, 7) is 6.97. The number of pyridine rings is 1. The minimum absolute atomic E-state index is 0.0758. The summed E-state index contributed by atoms with van der Waals surface area (Å²) in [5.74, 6) is 2.37. The van der Waals surface area contributed by atoms with Gasteiger partial charge in [-0.15, -0.1) is 10.2 Å². The Bertz CT molecular complexity index is 1000. The van der Waals surface area contributed by atoms with Crippen LogP contribution in [-0.2, 0) is 4.79 Å². The fourth-order valence-electron chi connectivity index (χ4n) is 3.91. The highest BCUT2D eigenvalue weighted by atomic mass is 16.2. The molecule has 3 aromatic rings. The summed E-state index contributed by atoms with van der Waals surface area (Å²) < 4.78 is 0. The van der Waals surface area contributed by atoms with Crippen LogP contribution in [0.3, 0.4) is 0 Å². The molecule has 1 unspecified atom stereocenters. The van der Waals surface area contributed by atoms with Gasteiger partial charge in [-0.1, -0.05) is 37.3 Å². The van der Waals surface area contributed by atoms with E-state index < -0.39 is 0 Å². The molecule has 7 heteroatoms. The van der Waals surface area contributed by atoms with Crippen molar-refractivity contribution in [1.29, 1.82) is 0 Å². The van der Waals surface area contributed by atoms with E-state index in [1.54, 1.807) is 6.20 Å². The fraction of sp³-hybridized carbons (Fsp3) is 0.333. The van der Waals surface area contributed by atoms with Crippen molar-refractivity contribution in [2.45, 2.75) is 26.2 Å². The number of piperazine rings is 1. The number of aromatic nitrogens is 3. The third-order valence-electron chi connectivity index (χ3n) is 5.65. The Morgan fingerprint density at radius 3 is 2.42 bits per heavy atom. The molecule has 160 valence electrons. The summed E-state index contributed by atoms with van der Waals surface area (Å²) in [6.07, 6.45) is 2.57. The van der Waals surface area contributed by atoms with Gasteiger partial charge in [-0.25, -0.2) is 4.98 Å². The lowest BCUT2D eigenvalue weighted by atomic mass is 9.95. The molecule has 4 rings (SSSR count). The smallest absolute Gasteiger partial charge is 0.230 e. The van der Waals surface area contributed by atoms with Gasteiger partial charge in [0.1, 0.15) is 5.82 Å². The van der Waals surface area contributed by atoms with Gasteiger partial charge in [-0.2, -0.15) is 0 Å². The third kappa shape index (κ3) is 4.99. The molecule has 2 aromatic heterocycles. The molecule has 1 fully saturated rings. The highest BCUT2D eigenvalue weighted by molar-refractivity contribution is 5.84. The average Bonchev–Trinajstić information content (AvgIpc) is 2.81. The van der Waals surface area contributed by atoms with Crippen molar-refractivity contribution in [3.63, 3.8) is 0 Å². The predicted molar refractivity (Wildman–Crippen MR) is 123 cm³/mol. The average molecular weight is 417 g/mol.